The van der Waals surface area contributed by atoms with Crippen LogP contribution in [0.2, 0.25) is 0 Å². The Bertz CT molecular complexity index is 1180. The number of benzene rings is 1. The molecule has 2 fully saturated rings. The molecule has 0 bridgehead atoms. The van der Waals surface area contributed by atoms with Crippen molar-refractivity contribution in [3.63, 3.8) is 0 Å². The van der Waals surface area contributed by atoms with Crippen LogP contribution in [0.5, 0.6) is 0 Å². The Morgan fingerprint density at radius 1 is 1.24 bits per heavy atom. The zero-order valence-electron chi connectivity index (χ0n) is 21.8. The molecular weight excluding hydrogens is 509 g/mol. The molecule has 0 radical (unpaired) electrons. The highest BCUT2D eigenvalue weighted by atomic mass is 32.2. The van der Waals surface area contributed by atoms with Crippen molar-refractivity contribution in [3.05, 3.63) is 53.1 Å². The average molecular weight is 544 g/mol. The average Bonchev–Trinajstić information content (AvgIpc) is 3.64. The Balaban J connectivity index is 1.50. The minimum atomic E-state index is -0.652. The van der Waals surface area contributed by atoms with Gasteiger partial charge in [0.05, 0.1) is 19.3 Å². The smallest absolute Gasteiger partial charge is 0.243 e. The normalized spacial score (nSPS) is 19.9. The van der Waals surface area contributed by atoms with Crippen molar-refractivity contribution in [1.82, 2.24) is 25.4 Å². The molecule has 2 heterocycles. The third-order valence-electron chi connectivity index (χ3n) is 6.75. The van der Waals surface area contributed by atoms with Crippen LogP contribution in [0.25, 0.3) is 6.08 Å². The molecule has 1 saturated carbocycles. The monoisotopic (exact) mass is 543 g/mol. The van der Waals surface area contributed by atoms with Gasteiger partial charge in [-0.1, -0.05) is 35.2 Å². The van der Waals surface area contributed by atoms with E-state index in [0.717, 1.165) is 24.8 Å². The van der Waals surface area contributed by atoms with Gasteiger partial charge in [-0.3, -0.25) is 28.8 Å². The Kier molecular flexibility index (Phi) is 9.81. The highest BCUT2D eigenvalue weighted by Crippen LogP contribution is 2.40. The number of unbranched alkanes of at least 4 members (excludes halogenated alkanes) is 1. The van der Waals surface area contributed by atoms with Crippen LogP contribution in [0.3, 0.4) is 0 Å². The quantitative estimate of drug-likeness (QED) is 0.319. The first-order chi connectivity index (χ1) is 18.4. The van der Waals surface area contributed by atoms with E-state index >= 15 is 0 Å². The highest BCUT2D eigenvalue weighted by molar-refractivity contribution is 8.14. The molecule has 11 heteroatoms. The minimum absolute atomic E-state index is 0.0168. The second kappa shape index (κ2) is 13.3. The summed E-state index contributed by atoms with van der Waals surface area (Å²) in [6, 6.07) is 5.85. The van der Waals surface area contributed by atoms with E-state index in [1.54, 1.807) is 29.8 Å². The van der Waals surface area contributed by atoms with Crippen LogP contribution in [-0.2, 0) is 25.8 Å². The summed E-state index contributed by atoms with van der Waals surface area (Å²) in [6.07, 6.45) is 7.93. The number of aromatic nitrogens is 3. The third kappa shape index (κ3) is 7.58. The number of rotatable bonds is 12. The maximum Gasteiger partial charge on any atom is 0.243 e. The zero-order chi connectivity index (χ0) is 27.1. The topological polar surface area (TPSA) is 106 Å². The summed E-state index contributed by atoms with van der Waals surface area (Å²) in [7, 11) is 1.40. The summed E-state index contributed by atoms with van der Waals surface area (Å²) < 4.78 is 16.6. The summed E-state index contributed by atoms with van der Waals surface area (Å²) in [5.41, 5.74) is 4.33. The van der Waals surface area contributed by atoms with E-state index in [0.29, 0.717) is 50.2 Å². The standard InChI is InChI=1S/C27H34FN5O4S/c1-18(34)38-24-12-14-32(26(27(36)19-10-11-19)22-7-3-4-8-23(22)28)16-20(24)15-21-17-33(31-29-21)13-6-5-9-25(35)30-37-2/h3-4,7-8,15,17,19,24,26H,5-6,9-14,16H2,1-2H3,(H,30,35)/b20-15+. The lowest BCUT2D eigenvalue weighted by molar-refractivity contribution is -0.131. The van der Waals surface area contributed by atoms with Gasteiger partial charge in [-0.05, 0) is 49.8 Å². The molecule has 1 aliphatic heterocycles. The fourth-order valence-electron chi connectivity index (χ4n) is 4.80. The van der Waals surface area contributed by atoms with Crippen molar-refractivity contribution in [2.45, 2.75) is 63.3 Å². The second-order valence-corrected chi connectivity index (χ2v) is 11.1. The molecule has 204 valence electrons. The van der Waals surface area contributed by atoms with Crippen LogP contribution in [0, 0.1) is 11.7 Å². The van der Waals surface area contributed by atoms with E-state index in [2.05, 4.69) is 20.6 Å². The summed E-state index contributed by atoms with van der Waals surface area (Å²) in [5.74, 6) is -0.491. The van der Waals surface area contributed by atoms with Gasteiger partial charge in [0.1, 0.15) is 11.5 Å². The second-order valence-electron chi connectivity index (χ2n) is 9.77. The molecule has 1 amide bonds. The third-order valence-corrected chi connectivity index (χ3v) is 7.90. The summed E-state index contributed by atoms with van der Waals surface area (Å²) in [6.45, 7) is 3.18. The van der Waals surface area contributed by atoms with Crippen LogP contribution in [-0.4, -0.2) is 62.1 Å². The van der Waals surface area contributed by atoms with Gasteiger partial charge in [-0.2, -0.15) is 0 Å². The van der Waals surface area contributed by atoms with E-state index in [-0.39, 0.29) is 33.8 Å². The van der Waals surface area contributed by atoms with E-state index in [9.17, 15) is 18.8 Å². The first kappa shape index (κ1) is 28.1. The molecule has 2 unspecified atom stereocenters. The molecule has 4 rings (SSSR count). The van der Waals surface area contributed by atoms with E-state index < -0.39 is 6.04 Å². The number of Topliss-reactive ketones (excluding diaryl/α,β-unsaturated/α-hetero) is 1. The SMILES string of the molecule is CONC(=O)CCCCn1cc(/C=C2\CN(C(C(=O)C3CC3)c3ccccc3F)CCC2SC(C)=O)nn1. The highest BCUT2D eigenvalue weighted by Gasteiger charge is 2.41. The number of hydrogen-bond donors (Lipinski definition) is 1. The molecule has 2 aliphatic rings. The number of hydrogen-bond acceptors (Lipinski definition) is 8. The van der Waals surface area contributed by atoms with Crippen molar-refractivity contribution in [2.24, 2.45) is 5.92 Å². The van der Waals surface area contributed by atoms with Gasteiger partial charge in [-0.15, -0.1) is 5.10 Å². The molecular formula is C27H34FN5O4S. The number of carbonyl (C=O) groups is 3. The number of ketones is 1. The fourth-order valence-corrected chi connectivity index (χ4v) is 5.72. The molecule has 1 aromatic heterocycles. The van der Waals surface area contributed by atoms with Crippen LogP contribution < -0.4 is 5.48 Å². The first-order valence-electron chi connectivity index (χ1n) is 13.0. The van der Waals surface area contributed by atoms with Crippen LogP contribution >= 0.6 is 11.8 Å². The molecule has 2 aromatic rings. The van der Waals surface area contributed by atoms with Gasteiger partial charge in [-0.25, -0.2) is 9.87 Å². The molecule has 1 aromatic carbocycles. The number of hydroxylamine groups is 1. The van der Waals surface area contributed by atoms with Crippen molar-refractivity contribution in [3.8, 4) is 0 Å². The summed E-state index contributed by atoms with van der Waals surface area (Å²) >= 11 is 1.28. The number of nitrogens with one attached hydrogen (secondary N) is 1. The number of carbonyl (C=O) groups excluding carboxylic acids is 3. The Labute approximate surface area is 226 Å². The van der Waals surface area contributed by atoms with Gasteiger partial charge in [0.15, 0.2) is 10.9 Å². The predicted molar refractivity (Wildman–Crippen MR) is 142 cm³/mol. The number of amides is 1. The Morgan fingerprint density at radius 3 is 2.74 bits per heavy atom. The summed E-state index contributed by atoms with van der Waals surface area (Å²) in [4.78, 5) is 43.5. The molecule has 9 nitrogen and oxygen atoms in total. The minimum Gasteiger partial charge on any atom is -0.297 e. The summed E-state index contributed by atoms with van der Waals surface area (Å²) in [5, 5.41) is 8.45. The first-order valence-corrected chi connectivity index (χ1v) is 13.9. The number of piperidine rings is 1. The van der Waals surface area contributed by atoms with Crippen molar-refractivity contribution >= 4 is 34.6 Å². The lowest BCUT2D eigenvalue weighted by Gasteiger charge is -2.38. The van der Waals surface area contributed by atoms with Gasteiger partial charge >= 0.3 is 0 Å². The molecule has 1 saturated heterocycles. The van der Waals surface area contributed by atoms with Gasteiger partial charge < -0.3 is 0 Å². The number of likely N-dealkylation sites (tertiary alicyclic amines) is 1. The van der Waals surface area contributed by atoms with Gasteiger partial charge in [0.25, 0.3) is 0 Å². The van der Waals surface area contributed by atoms with Gasteiger partial charge in [0.2, 0.25) is 5.91 Å². The molecule has 1 aliphatic carbocycles. The van der Waals surface area contributed by atoms with Crippen molar-refractivity contribution in [1.29, 1.82) is 0 Å². The van der Waals surface area contributed by atoms with Gasteiger partial charge in [0, 0.05) is 49.7 Å². The zero-order valence-corrected chi connectivity index (χ0v) is 22.6. The van der Waals surface area contributed by atoms with E-state index in [4.69, 9.17) is 0 Å². The Morgan fingerprint density at radius 2 is 2.03 bits per heavy atom. The van der Waals surface area contributed by atoms with Crippen molar-refractivity contribution in [2.75, 3.05) is 20.2 Å². The van der Waals surface area contributed by atoms with Crippen LogP contribution in [0.1, 0.15) is 62.7 Å². The maximum absolute atomic E-state index is 14.9. The number of thioether (sulfide) groups is 1. The number of nitrogens with zero attached hydrogens (tertiary/aromatic N) is 4. The van der Waals surface area contributed by atoms with Crippen LogP contribution in [0.15, 0.2) is 36.0 Å². The number of halogens is 1. The largest absolute Gasteiger partial charge is 0.297 e. The number of aryl methyl sites for hydroxylation is 1. The van der Waals surface area contributed by atoms with E-state index in [1.165, 1.54) is 24.9 Å². The Hall–Kier alpha value is -2.89. The molecule has 38 heavy (non-hydrogen) atoms. The van der Waals surface area contributed by atoms with Crippen LogP contribution in [0.4, 0.5) is 4.39 Å². The molecule has 1 N–H and O–H groups in total. The lowest BCUT2D eigenvalue weighted by Crippen LogP contribution is -2.43. The molecule has 2 atom stereocenters. The fraction of sp³-hybridized carbons (Fsp3) is 0.519. The lowest BCUT2D eigenvalue weighted by atomic mass is 9.93. The maximum atomic E-state index is 14.9. The van der Waals surface area contributed by atoms with Crippen molar-refractivity contribution < 1.29 is 23.6 Å². The molecule has 0 spiro atoms. The van der Waals surface area contributed by atoms with E-state index in [1.807, 2.05) is 17.2 Å². The predicted octanol–water partition coefficient (Wildman–Crippen LogP) is 3.72.